The van der Waals surface area contributed by atoms with Crippen molar-refractivity contribution in [3.8, 4) is 11.5 Å². The Kier molecular flexibility index (Phi) is 3.93. The fourth-order valence-electron chi connectivity index (χ4n) is 2.74. The van der Waals surface area contributed by atoms with Gasteiger partial charge in [0, 0.05) is 17.3 Å². The molecule has 0 fully saturated rings. The van der Waals surface area contributed by atoms with Crippen LogP contribution in [-0.2, 0) is 6.42 Å². The third-order valence-corrected chi connectivity index (χ3v) is 4.88. The Labute approximate surface area is 140 Å². The van der Waals surface area contributed by atoms with Gasteiger partial charge in [-0.1, -0.05) is 0 Å². The second-order valence-corrected chi connectivity index (χ2v) is 6.43. The maximum Gasteiger partial charge on any atom is 0.314 e. The number of hydrogen-bond donors (Lipinski definition) is 1. The summed E-state index contributed by atoms with van der Waals surface area (Å²) in [7, 11) is 0. The Hall–Kier alpha value is -2.42. The second-order valence-electron chi connectivity index (χ2n) is 5.43. The molecule has 3 heterocycles. The number of hydrogen-bond acceptors (Lipinski definition) is 7. The summed E-state index contributed by atoms with van der Waals surface area (Å²) in [4.78, 5) is 9.86. The van der Waals surface area contributed by atoms with Crippen molar-refractivity contribution in [2.75, 3.05) is 5.32 Å². The van der Waals surface area contributed by atoms with Crippen LogP contribution >= 0.6 is 11.3 Å². The van der Waals surface area contributed by atoms with Crippen LogP contribution in [0.3, 0.4) is 0 Å². The fraction of sp³-hybridized carbons (Fsp3) is 0.333. The summed E-state index contributed by atoms with van der Waals surface area (Å²) in [6.45, 7) is 0. The quantitative estimate of drug-likeness (QED) is 0.767. The fourth-order valence-corrected chi connectivity index (χ4v) is 3.73. The van der Waals surface area contributed by atoms with Crippen molar-refractivity contribution in [1.29, 1.82) is 0 Å². The molecule has 1 aliphatic rings. The van der Waals surface area contributed by atoms with Crippen molar-refractivity contribution in [1.82, 2.24) is 20.2 Å². The summed E-state index contributed by atoms with van der Waals surface area (Å²) in [6, 6.07) is 2.33. The van der Waals surface area contributed by atoms with E-state index < -0.39 is 12.3 Å². The average molecular weight is 349 g/mol. The van der Waals surface area contributed by atoms with Gasteiger partial charge in [0.2, 0.25) is 5.95 Å². The Bertz CT molecular complexity index is 833. The molecule has 0 aliphatic heterocycles. The van der Waals surface area contributed by atoms with Crippen molar-refractivity contribution in [2.24, 2.45) is 0 Å². The molecule has 6 nitrogen and oxygen atoms in total. The third kappa shape index (κ3) is 2.86. The van der Waals surface area contributed by atoms with E-state index in [-0.39, 0.29) is 11.9 Å². The number of nitrogens with one attached hydrogen (secondary N) is 1. The van der Waals surface area contributed by atoms with Crippen molar-refractivity contribution in [2.45, 2.75) is 31.7 Å². The molecule has 1 N–H and O–H groups in total. The Morgan fingerprint density at radius 3 is 2.83 bits per heavy atom. The molecule has 3 aromatic rings. The summed E-state index contributed by atoms with van der Waals surface area (Å²) in [6.07, 6.45) is 3.44. The van der Waals surface area contributed by atoms with Crippen molar-refractivity contribution in [3.05, 3.63) is 40.2 Å². The zero-order valence-electron chi connectivity index (χ0n) is 12.4. The number of fused-ring (bicyclic) bond motifs is 1. The smallest absolute Gasteiger partial charge is 0.314 e. The van der Waals surface area contributed by atoms with Gasteiger partial charge in [-0.25, -0.2) is 9.97 Å². The van der Waals surface area contributed by atoms with Gasteiger partial charge in [0.15, 0.2) is 0 Å². The number of alkyl halides is 2. The molecule has 0 saturated carbocycles. The summed E-state index contributed by atoms with van der Waals surface area (Å²) in [5.74, 6) is -0.245. The number of thiophene rings is 1. The normalized spacial score (nSPS) is 17.0. The lowest BCUT2D eigenvalue weighted by molar-refractivity contribution is 0.116. The van der Waals surface area contributed by atoms with Crippen LogP contribution in [0.25, 0.3) is 11.5 Å². The number of aryl methyl sites for hydroxylation is 1. The van der Waals surface area contributed by atoms with Crippen LogP contribution in [0.1, 0.15) is 41.6 Å². The van der Waals surface area contributed by atoms with Crippen molar-refractivity contribution < 1.29 is 13.2 Å². The lowest BCUT2D eigenvalue weighted by Gasteiger charge is -2.23. The molecule has 1 atom stereocenters. The molecule has 0 bridgehead atoms. The van der Waals surface area contributed by atoms with Gasteiger partial charge < -0.3 is 9.73 Å². The summed E-state index contributed by atoms with van der Waals surface area (Å²) >= 11 is 1.77. The van der Waals surface area contributed by atoms with E-state index in [1.54, 1.807) is 11.3 Å². The first-order valence-corrected chi connectivity index (χ1v) is 8.35. The molecule has 1 unspecified atom stereocenters. The third-order valence-electron chi connectivity index (χ3n) is 3.88. The maximum atomic E-state index is 12.5. The first-order chi connectivity index (χ1) is 11.7. The number of nitrogens with zero attached hydrogens (tertiary/aromatic N) is 4. The first-order valence-electron chi connectivity index (χ1n) is 7.47. The van der Waals surface area contributed by atoms with Gasteiger partial charge in [-0.05, 0) is 36.3 Å². The van der Waals surface area contributed by atoms with E-state index in [4.69, 9.17) is 4.42 Å². The lowest BCUT2D eigenvalue weighted by atomic mass is 9.94. The van der Waals surface area contributed by atoms with E-state index in [9.17, 15) is 8.78 Å². The highest BCUT2D eigenvalue weighted by atomic mass is 32.1. The molecule has 0 spiro atoms. The number of anilines is 1. The van der Waals surface area contributed by atoms with Crippen LogP contribution in [0.4, 0.5) is 14.7 Å². The van der Waals surface area contributed by atoms with Gasteiger partial charge >= 0.3 is 6.43 Å². The zero-order valence-corrected chi connectivity index (χ0v) is 13.3. The van der Waals surface area contributed by atoms with Crippen LogP contribution in [0.5, 0.6) is 0 Å². The van der Waals surface area contributed by atoms with Crippen LogP contribution in [0.15, 0.2) is 28.3 Å². The van der Waals surface area contributed by atoms with Crippen LogP contribution in [0.2, 0.25) is 0 Å². The van der Waals surface area contributed by atoms with E-state index in [1.165, 1.54) is 22.8 Å². The monoisotopic (exact) mass is 349 g/mol. The maximum absolute atomic E-state index is 12.5. The van der Waals surface area contributed by atoms with Crippen molar-refractivity contribution >= 4 is 17.3 Å². The molecule has 9 heteroatoms. The predicted octanol–water partition coefficient (Wildman–Crippen LogP) is 4.02. The summed E-state index contributed by atoms with van der Waals surface area (Å²) in [5.41, 5.74) is 1.71. The molecule has 0 aromatic carbocycles. The molecule has 1 aliphatic carbocycles. The van der Waals surface area contributed by atoms with Gasteiger partial charge in [-0.2, -0.15) is 8.78 Å². The first kappa shape index (κ1) is 15.1. The Morgan fingerprint density at radius 2 is 2.08 bits per heavy atom. The number of halogens is 2. The number of rotatable bonds is 4. The highest BCUT2D eigenvalue weighted by Gasteiger charge is 2.22. The number of aromatic nitrogens is 4. The molecule has 0 radical (unpaired) electrons. The van der Waals surface area contributed by atoms with Gasteiger partial charge in [-0.3, -0.25) is 0 Å². The van der Waals surface area contributed by atoms with Gasteiger partial charge in [-0.15, -0.1) is 21.5 Å². The standard InChI is InChI=1S/C15H13F2N5OS/c16-12(17)14-22-21-13(23-14)8-6-18-15(19-7-8)20-10-2-1-3-11-9(10)4-5-24-11/h4-7,10,12H,1-3H2,(H,18,19,20). The van der Waals surface area contributed by atoms with Crippen LogP contribution < -0.4 is 5.32 Å². The molecular weight excluding hydrogens is 336 g/mol. The molecule has 4 rings (SSSR count). The molecule has 0 amide bonds. The second kappa shape index (κ2) is 6.23. The van der Waals surface area contributed by atoms with E-state index in [2.05, 4.69) is 36.9 Å². The van der Waals surface area contributed by atoms with E-state index >= 15 is 0 Å². The van der Waals surface area contributed by atoms with Gasteiger partial charge in [0.25, 0.3) is 11.8 Å². The van der Waals surface area contributed by atoms with Gasteiger partial charge in [0.1, 0.15) is 0 Å². The van der Waals surface area contributed by atoms with Crippen LogP contribution in [0, 0.1) is 0 Å². The highest BCUT2D eigenvalue weighted by molar-refractivity contribution is 7.10. The highest BCUT2D eigenvalue weighted by Crippen LogP contribution is 2.35. The molecular formula is C15H13F2N5OS. The Balaban J connectivity index is 1.50. The summed E-state index contributed by atoms with van der Waals surface area (Å²) in [5, 5.41) is 12.3. The molecule has 3 aromatic heterocycles. The lowest BCUT2D eigenvalue weighted by Crippen LogP contribution is -2.17. The minimum absolute atomic E-state index is 0.0189. The zero-order chi connectivity index (χ0) is 16.5. The SMILES string of the molecule is FC(F)c1nnc(-c2cnc(NC3CCCc4sccc43)nc2)o1. The molecule has 124 valence electrons. The molecule has 0 saturated heterocycles. The van der Waals surface area contributed by atoms with Crippen molar-refractivity contribution in [3.63, 3.8) is 0 Å². The summed E-state index contributed by atoms with van der Waals surface area (Å²) < 4.78 is 29.8. The van der Waals surface area contributed by atoms with Crippen LogP contribution in [-0.4, -0.2) is 20.2 Å². The van der Waals surface area contributed by atoms with E-state index in [1.807, 2.05) is 0 Å². The van der Waals surface area contributed by atoms with E-state index in [0.717, 1.165) is 19.3 Å². The largest absolute Gasteiger partial charge is 0.415 e. The predicted molar refractivity (Wildman–Crippen MR) is 83.9 cm³/mol. The topological polar surface area (TPSA) is 76.7 Å². The average Bonchev–Trinajstić information content (AvgIpc) is 3.25. The Morgan fingerprint density at radius 1 is 1.25 bits per heavy atom. The minimum Gasteiger partial charge on any atom is -0.415 e. The van der Waals surface area contributed by atoms with Gasteiger partial charge in [0.05, 0.1) is 11.6 Å². The molecule has 24 heavy (non-hydrogen) atoms. The minimum atomic E-state index is -2.79. The van der Waals surface area contributed by atoms with E-state index in [0.29, 0.717) is 11.5 Å².